The van der Waals surface area contributed by atoms with E-state index in [1.165, 1.54) is 36.4 Å². The molecule has 0 saturated carbocycles. The van der Waals surface area contributed by atoms with Gasteiger partial charge in [0.15, 0.2) is 0 Å². The molecule has 1 amide bonds. The number of hydrogen-bond donors (Lipinski definition) is 1. The summed E-state index contributed by atoms with van der Waals surface area (Å²) in [5.74, 6) is -0.952. The summed E-state index contributed by atoms with van der Waals surface area (Å²) in [4.78, 5) is 13.0. The van der Waals surface area contributed by atoms with Gasteiger partial charge in [-0.25, -0.2) is 12.8 Å². The molecule has 0 heterocycles. The Bertz CT molecular complexity index is 1210. The van der Waals surface area contributed by atoms with Crippen molar-refractivity contribution in [2.75, 3.05) is 10.8 Å². The molecule has 3 aromatic rings. The van der Waals surface area contributed by atoms with Gasteiger partial charge >= 0.3 is 0 Å². The van der Waals surface area contributed by atoms with Gasteiger partial charge in [0, 0.05) is 0 Å². The molecule has 0 bridgehead atoms. The number of carbonyl (C=O) groups is 1. The molecule has 3 aromatic carbocycles. The van der Waals surface area contributed by atoms with E-state index in [1.54, 1.807) is 12.1 Å². The van der Waals surface area contributed by atoms with Crippen molar-refractivity contribution in [2.24, 2.45) is 0 Å². The van der Waals surface area contributed by atoms with Crippen LogP contribution in [0.15, 0.2) is 71.6 Å². The first-order chi connectivity index (χ1) is 15.1. The molecule has 1 atom stereocenters. The van der Waals surface area contributed by atoms with Crippen molar-refractivity contribution >= 4 is 21.6 Å². The van der Waals surface area contributed by atoms with E-state index in [0.717, 1.165) is 26.6 Å². The predicted octanol–water partition coefficient (Wildman–Crippen LogP) is 4.82. The summed E-state index contributed by atoms with van der Waals surface area (Å²) >= 11 is 0. The maximum Gasteiger partial charge on any atom is 0.264 e. The molecular weight excluding hydrogens is 427 g/mol. The highest BCUT2D eigenvalue weighted by Gasteiger charge is 2.28. The number of nitrogens with zero attached hydrogens (tertiary/aromatic N) is 1. The van der Waals surface area contributed by atoms with E-state index >= 15 is 0 Å². The fourth-order valence-corrected chi connectivity index (χ4v) is 4.99. The first-order valence-corrected chi connectivity index (χ1v) is 11.7. The summed E-state index contributed by atoms with van der Waals surface area (Å²) in [5.41, 5.74) is 4.24. The number of hydrogen-bond acceptors (Lipinski definition) is 3. The third-order valence-corrected chi connectivity index (χ3v) is 7.07. The Morgan fingerprint density at radius 2 is 1.53 bits per heavy atom. The smallest absolute Gasteiger partial charge is 0.264 e. The molecule has 0 aliphatic heterocycles. The molecule has 1 N–H and O–H groups in total. The fourth-order valence-electron chi connectivity index (χ4n) is 3.57. The van der Waals surface area contributed by atoms with Crippen LogP contribution in [0.3, 0.4) is 0 Å². The minimum absolute atomic E-state index is 0.0580. The highest BCUT2D eigenvalue weighted by Crippen LogP contribution is 2.25. The molecule has 0 aliphatic rings. The molecule has 0 radical (unpaired) electrons. The molecule has 0 saturated heterocycles. The highest BCUT2D eigenvalue weighted by molar-refractivity contribution is 7.92. The summed E-state index contributed by atoms with van der Waals surface area (Å²) in [7, 11) is -4.04. The number of sulfonamides is 1. The number of benzene rings is 3. The Labute approximate surface area is 188 Å². The lowest BCUT2D eigenvalue weighted by molar-refractivity contribution is -0.120. The average molecular weight is 455 g/mol. The maximum atomic E-state index is 13.5. The van der Waals surface area contributed by atoms with Crippen molar-refractivity contribution in [2.45, 2.75) is 38.6 Å². The van der Waals surface area contributed by atoms with Crippen LogP contribution in [0.2, 0.25) is 0 Å². The Hall–Kier alpha value is -3.19. The van der Waals surface area contributed by atoms with Crippen molar-refractivity contribution in [1.29, 1.82) is 0 Å². The van der Waals surface area contributed by atoms with Crippen LogP contribution < -0.4 is 9.62 Å². The van der Waals surface area contributed by atoms with Gasteiger partial charge in [0.1, 0.15) is 12.4 Å². The molecule has 168 valence electrons. The van der Waals surface area contributed by atoms with Crippen molar-refractivity contribution in [3.05, 3.63) is 94.8 Å². The van der Waals surface area contributed by atoms with Gasteiger partial charge in [0.25, 0.3) is 10.0 Å². The van der Waals surface area contributed by atoms with Gasteiger partial charge in [-0.1, -0.05) is 41.5 Å². The summed E-state index contributed by atoms with van der Waals surface area (Å²) in [5, 5.41) is 2.88. The molecule has 5 nitrogen and oxygen atoms in total. The second-order valence-electron chi connectivity index (χ2n) is 7.95. The molecule has 3 rings (SSSR count). The van der Waals surface area contributed by atoms with Gasteiger partial charge in [-0.15, -0.1) is 0 Å². The van der Waals surface area contributed by atoms with Crippen LogP contribution in [0, 0.1) is 26.6 Å². The van der Waals surface area contributed by atoms with Crippen LogP contribution in [0.1, 0.15) is 35.2 Å². The zero-order valence-corrected chi connectivity index (χ0v) is 19.4. The molecule has 0 spiro atoms. The van der Waals surface area contributed by atoms with Crippen molar-refractivity contribution in [1.82, 2.24) is 5.32 Å². The van der Waals surface area contributed by atoms with E-state index in [-0.39, 0.29) is 16.6 Å². The SMILES string of the molecule is Cc1ccc(S(=O)(=O)N(CC(=O)N[C@@H](C)c2ccc(C)cc2C)c2ccc(F)cc2)cc1. The number of nitrogens with one attached hydrogen (secondary N) is 1. The van der Waals surface area contributed by atoms with Gasteiger partial charge in [-0.3, -0.25) is 9.10 Å². The van der Waals surface area contributed by atoms with Crippen molar-refractivity contribution < 1.29 is 17.6 Å². The molecule has 0 unspecified atom stereocenters. The van der Waals surface area contributed by atoms with Crippen LogP contribution in [-0.2, 0) is 14.8 Å². The highest BCUT2D eigenvalue weighted by atomic mass is 32.2. The normalized spacial score (nSPS) is 12.3. The van der Waals surface area contributed by atoms with Gasteiger partial charge < -0.3 is 5.32 Å². The number of rotatable bonds is 7. The number of halogens is 1. The van der Waals surface area contributed by atoms with Crippen molar-refractivity contribution in [3.8, 4) is 0 Å². The van der Waals surface area contributed by atoms with Gasteiger partial charge in [-0.05, 0) is 75.2 Å². The van der Waals surface area contributed by atoms with Crippen LogP contribution >= 0.6 is 0 Å². The fraction of sp³-hybridized carbons (Fsp3) is 0.240. The Balaban J connectivity index is 1.89. The van der Waals surface area contributed by atoms with Crippen LogP contribution in [0.5, 0.6) is 0 Å². The lowest BCUT2D eigenvalue weighted by Crippen LogP contribution is -2.41. The topological polar surface area (TPSA) is 66.5 Å². The molecule has 0 aliphatic carbocycles. The quantitative estimate of drug-likeness (QED) is 0.556. The van der Waals surface area contributed by atoms with Crippen LogP contribution in [0.25, 0.3) is 0 Å². The third kappa shape index (κ3) is 5.34. The maximum absolute atomic E-state index is 13.5. The van der Waals surface area contributed by atoms with E-state index in [9.17, 15) is 17.6 Å². The number of carbonyl (C=O) groups excluding carboxylic acids is 1. The van der Waals surface area contributed by atoms with E-state index < -0.39 is 28.3 Å². The van der Waals surface area contributed by atoms with Gasteiger partial charge in [0.05, 0.1) is 16.6 Å². The largest absolute Gasteiger partial charge is 0.348 e. The van der Waals surface area contributed by atoms with Crippen molar-refractivity contribution in [3.63, 3.8) is 0 Å². The van der Waals surface area contributed by atoms with Crippen LogP contribution in [-0.4, -0.2) is 20.9 Å². The third-order valence-electron chi connectivity index (χ3n) is 5.28. The second-order valence-corrected chi connectivity index (χ2v) is 9.81. The lowest BCUT2D eigenvalue weighted by Gasteiger charge is -2.25. The molecular formula is C25H27FN2O3S. The average Bonchev–Trinajstić information content (AvgIpc) is 2.73. The van der Waals surface area contributed by atoms with E-state index in [4.69, 9.17) is 0 Å². The standard InChI is InChI=1S/C25H27FN2O3S/c1-17-5-12-23(13-6-17)32(30,31)28(22-10-8-21(26)9-11-22)16-25(29)27-20(4)24-14-7-18(2)15-19(24)3/h5-15,20H,16H2,1-4H3,(H,27,29)/t20-/m0/s1. The lowest BCUT2D eigenvalue weighted by atomic mass is 10.0. The summed E-state index contributed by atoms with van der Waals surface area (Å²) in [6.45, 7) is 7.24. The summed E-state index contributed by atoms with van der Waals surface area (Å²) < 4.78 is 41.2. The molecule has 7 heteroatoms. The monoisotopic (exact) mass is 454 g/mol. The Morgan fingerprint density at radius 3 is 2.12 bits per heavy atom. The Kier molecular flexibility index (Phi) is 6.99. The first-order valence-electron chi connectivity index (χ1n) is 10.3. The zero-order chi connectivity index (χ0) is 23.5. The van der Waals surface area contributed by atoms with E-state index in [1.807, 2.05) is 45.9 Å². The minimum Gasteiger partial charge on any atom is -0.348 e. The first kappa shape index (κ1) is 23.5. The summed E-state index contributed by atoms with van der Waals surface area (Å²) in [6.07, 6.45) is 0. The number of anilines is 1. The molecule has 0 fully saturated rings. The molecule has 32 heavy (non-hydrogen) atoms. The van der Waals surface area contributed by atoms with Crippen LogP contribution in [0.4, 0.5) is 10.1 Å². The second kappa shape index (κ2) is 9.53. The summed E-state index contributed by atoms with van der Waals surface area (Å²) in [6, 6.07) is 17.1. The Morgan fingerprint density at radius 1 is 0.938 bits per heavy atom. The van der Waals surface area contributed by atoms with Gasteiger partial charge in [0.2, 0.25) is 5.91 Å². The number of aryl methyl sites for hydroxylation is 3. The minimum atomic E-state index is -4.04. The predicted molar refractivity (Wildman–Crippen MR) is 125 cm³/mol. The van der Waals surface area contributed by atoms with Gasteiger partial charge in [-0.2, -0.15) is 0 Å². The zero-order valence-electron chi connectivity index (χ0n) is 18.6. The van der Waals surface area contributed by atoms with E-state index in [0.29, 0.717) is 0 Å². The van der Waals surface area contributed by atoms with E-state index in [2.05, 4.69) is 5.32 Å². The number of amides is 1. The molecule has 0 aromatic heterocycles.